The van der Waals surface area contributed by atoms with Crippen molar-refractivity contribution >= 4 is 40.7 Å². The van der Waals surface area contributed by atoms with Gasteiger partial charge in [-0.3, -0.25) is 14.9 Å². The summed E-state index contributed by atoms with van der Waals surface area (Å²) in [7, 11) is 0. The monoisotopic (exact) mass is 323 g/mol. The van der Waals surface area contributed by atoms with Crippen LogP contribution in [0.25, 0.3) is 0 Å². The van der Waals surface area contributed by atoms with Crippen molar-refractivity contribution in [3.63, 3.8) is 0 Å². The molecule has 0 bridgehead atoms. The number of halogens is 1. The summed E-state index contributed by atoms with van der Waals surface area (Å²) in [6.45, 7) is 1.95. The van der Waals surface area contributed by atoms with Crippen molar-refractivity contribution in [1.82, 2.24) is 5.43 Å². The van der Waals surface area contributed by atoms with E-state index in [2.05, 4.69) is 10.5 Å². The Bertz CT molecular complexity index is 727. The Morgan fingerprint density at radius 3 is 2.81 bits per heavy atom. The van der Waals surface area contributed by atoms with Crippen LogP contribution in [-0.2, 0) is 0 Å². The van der Waals surface area contributed by atoms with Crippen LogP contribution in [0.1, 0.15) is 20.8 Å². The van der Waals surface area contributed by atoms with Gasteiger partial charge in [0, 0.05) is 22.6 Å². The summed E-state index contributed by atoms with van der Waals surface area (Å²) in [5.41, 5.74) is 3.20. The van der Waals surface area contributed by atoms with Crippen LogP contribution in [0.5, 0.6) is 0 Å². The lowest BCUT2D eigenvalue weighted by Crippen LogP contribution is -2.18. The summed E-state index contributed by atoms with van der Waals surface area (Å²) < 4.78 is 0. The van der Waals surface area contributed by atoms with Gasteiger partial charge >= 0.3 is 0 Å². The van der Waals surface area contributed by atoms with Gasteiger partial charge in [0.2, 0.25) is 0 Å². The van der Waals surface area contributed by atoms with Gasteiger partial charge in [0.1, 0.15) is 0 Å². The SMILES string of the molecule is Cc1sccc1/C=N/NC(=O)c1ccc([N+](=O)[O-])cc1Cl. The van der Waals surface area contributed by atoms with Crippen LogP contribution in [0.15, 0.2) is 34.7 Å². The number of hydrogen-bond acceptors (Lipinski definition) is 5. The number of nitro groups is 1. The fraction of sp³-hybridized carbons (Fsp3) is 0.0769. The molecule has 0 unspecified atom stereocenters. The number of thiophene rings is 1. The van der Waals surface area contributed by atoms with E-state index in [1.807, 2.05) is 18.4 Å². The van der Waals surface area contributed by atoms with Gasteiger partial charge in [-0.05, 0) is 24.4 Å². The number of carbonyl (C=O) groups excluding carboxylic acids is 1. The van der Waals surface area contributed by atoms with Crippen molar-refractivity contribution in [1.29, 1.82) is 0 Å². The highest BCUT2D eigenvalue weighted by atomic mass is 35.5. The smallest absolute Gasteiger partial charge is 0.267 e. The summed E-state index contributed by atoms with van der Waals surface area (Å²) in [6, 6.07) is 5.52. The number of carbonyl (C=O) groups is 1. The van der Waals surface area contributed by atoms with Crippen molar-refractivity contribution in [3.05, 3.63) is 60.8 Å². The van der Waals surface area contributed by atoms with Gasteiger partial charge in [0.25, 0.3) is 11.6 Å². The van der Waals surface area contributed by atoms with Gasteiger partial charge in [0.05, 0.1) is 21.7 Å². The van der Waals surface area contributed by atoms with Gasteiger partial charge < -0.3 is 0 Å². The zero-order valence-corrected chi connectivity index (χ0v) is 12.4. The number of hydrogen-bond donors (Lipinski definition) is 1. The average molecular weight is 324 g/mol. The molecule has 0 saturated carbocycles. The lowest BCUT2D eigenvalue weighted by Gasteiger charge is -2.02. The molecule has 2 rings (SSSR count). The molecule has 1 N–H and O–H groups in total. The molecule has 0 spiro atoms. The van der Waals surface area contributed by atoms with E-state index in [0.717, 1.165) is 16.5 Å². The molecule has 0 fully saturated rings. The maximum atomic E-state index is 11.9. The number of rotatable bonds is 4. The Morgan fingerprint density at radius 1 is 1.48 bits per heavy atom. The van der Waals surface area contributed by atoms with E-state index in [1.165, 1.54) is 18.3 Å². The summed E-state index contributed by atoms with van der Waals surface area (Å²) in [4.78, 5) is 23.0. The van der Waals surface area contributed by atoms with Crippen LogP contribution in [0.2, 0.25) is 5.02 Å². The van der Waals surface area contributed by atoms with Gasteiger partial charge in [-0.25, -0.2) is 5.43 Å². The Balaban J connectivity index is 2.09. The van der Waals surface area contributed by atoms with E-state index in [1.54, 1.807) is 11.3 Å². The van der Waals surface area contributed by atoms with Gasteiger partial charge in [-0.15, -0.1) is 11.3 Å². The van der Waals surface area contributed by atoms with E-state index in [9.17, 15) is 14.9 Å². The minimum absolute atomic E-state index is 0.00335. The van der Waals surface area contributed by atoms with Gasteiger partial charge in [-0.1, -0.05) is 11.6 Å². The summed E-state index contributed by atoms with van der Waals surface area (Å²) in [6.07, 6.45) is 1.53. The highest BCUT2D eigenvalue weighted by Crippen LogP contribution is 2.22. The number of benzene rings is 1. The second kappa shape index (κ2) is 6.47. The maximum absolute atomic E-state index is 11.9. The van der Waals surface area contributed by atoms with Gasteiger partial charge in [0.15, 0.2) is 0 Å². The molecule has 0 aliphatic carbocycles. The van der Waals surface area contributed by atoms with Crippen LogP contribution in [0.4, 0.5) is 5.69 Å². The van der Waals surface area contributed by atoms with E-state index < -0.39 is 10.8 Å². The molecule has 6 nitrogen and oxygen atoms in total. The number of nitro benzene ring substituents is 1. The number of aryl methyl sites for hydroxylation is 1. The summed E-state index contributed by atoms with van der Waals surface area (Å²) >= 11 is 7.43. The largest absolute Gasteiger partial charge is 0.272 e. The molecule has 1 heterocycles. The predicted molar refractivity (Wildman–Crippen MR) is 82.2 cm³/mol. The fourth-order valence-corrected chi connectivity index (χ4v) is 2.49. The van der Waals surface area contributed by atoms with E-state index in [0.29, 0.717) is 0 Å². The molecule has 0 radical (unpaired) electrons. The molecule has 1 aromatic carbocycles. The third-order valence-corrected chi connectivity index (χ3v) is 3.85. The molecule has 0 aliphatic rings. The van der Waals surface area contributed by atoms with E-state index >= 15 is 0 Å². The normalized spacial score (nSPS) is 10.8. The Kier molecular flexibility index (Phi) is 4.66. The summed E-state index contributed by atoms with van der Waals surface area (Å²) in [5, 5.41) is 16.4. The third-order valence-electron chi connectivity index (χ3n) is 2.68. The second-order valence-corrected chi connectivity index (χ2v) is 5.58. The van der Waals surface area contributed by atoms with Crippen molar-refractivity contribution in [3.8, 4) is 0 Å². The fourth-order valence-electron chi connectivity index (χ4n) is 1.55. The Morgan fingerprint density at radius 2 is 2.24 bits per heavy atom. The standard InChI is InChI=1S/C13H10ClN3O3S/c1-8-9(4-5-21-8)7-15-16-13(18)11-3-2-10(17(19)20)6-12(11)14/h2-7H,1H3,(H,16,18)/b15-7+. The zero-order chi connectivity index (χ0) is 15.4. The molecule has 108 valence electrons. The van der Waals surface area contributed by atoms with Crippen LogP contribution >= 0.6 is 22.9 Å². The molecule has 0 atom stereocenters. The number of hydrazone groups is 1. The predicted octanol–water partition coefficient (Wildman–Crippen LogP) is 3.38. The van der Waals surface area contributed by atoms with Crippen LogP contribution in [-0.4, -0.2) is 17.0 Å². The van der Waals surface area contributed by atoms with E-state index in [-0.39, 0.29) is 16.3 Å². The first kappa shape index (κ1) is 15.1. The van der Waals surface area contributed by atoms with Crippen LogP contribution in [0, 0.1) is 17.0 Å². The second-order valence-electron chi connectivity index (χ2n) is 4.05. The van der Waals surface area contributed by atoms with Crippen molar-refractivity contribution in [2.45, 2.75) is 6.92 Å². The molecule has 1 amide bonds. The molecule has 2 aromatic rings. The average Bonchev–Trinajstić information content (AvgIpc) is 2.84. The Hall–Kier alpha value is -2.25. The highest BCUT2D eigenvalue weighted by molar-refractivity contribution is 7.10. The molecule has 8 heteroatoms. The summed E-state index contributed by atoms with van der Waals surface area (Å²) in [5.74, 6) is -0.529. The lowest BCUT2D eigenvalue weighted by molar-refractivity contribution is -0.384. The molecule has 0 saturated heterocycles. The topological polar surface area (TPSA) is 84.6 Å². The zero-order valence-electron chi connectivity index (χ0n) is 10.9. The molecular formula is C13H10ClN3O3S. The minimum atomic E-state index is -0.578. The third kappa shape index (κ3) is 3.65. The first-order valence-electron chi connectivity index (χ1n) is 5.80. The van der Waals surface area contributed by atoms with E-state index in [4.69, 9.17) is 11.6 Å². The highest BCUT2D eigenvalue weighted by Gasteiger charge is 2.14. The number of nitrogens with one attached hydrogen (secondary N) is 1. The quantitative estimate of drug-likeness (QED) is 0.531. The minimum Gasteiger partial charge on any atom is -0.267 e. The number of non-ortho nitro benzene ring substituents is 1. The lowest BCUT2D eigenvalue weighted by atomic mass is 10.2. The van der Waals surface area contributed by atoms with Crippen LogP contribution in [0.3, 0.4) is 0 Å². The molecule has 1 aromatic heterocycles. The van der Waals surface area contributed by atoms with Gasteiger partial charge in [-0.2, -0.15) is 5.10 Å². The molecular weight excluding hydrogens is 314 g/mol. The number of nitrogens with zero attached hydrogens (tertiary/aromatic N) is 2. The maximum Gasteiger partial charge on any atom is 0.272 e. The van der Waals surface area contributed by atoms with Crippen LogP contribution < -0.4 is 5.43 Å². The first-order valence-corrected chi connectivity index (χ1v) is 7.06. The van der Waals surface area contributed by atoms with Crippen molar-refractivity contribution < 1.29 is 9.72 Å². The molecule has 0 aliphatic heterocycles. The first-order chi connectivity index (χ1) is 9.99. The van der Waals surface area contributed by atoms with Crippen molar-refractivity contribution in [2.24, 2.45) is 5.10 Å². The molecule has 21 heavy (non-hydrogen) atoms. The number of amides is 1. The Labute approximate surface area is 129 Å². The van der Waals surface area contributed by atoms with Crippen molar-refractivity contribution in [2.75, 3.05) is 0 Å².